The zero-order valence-electron chi connectivity index (χ0n) is 17.9. The third-order valence-electron chi connectivity index (χ3n) is 5.03. The van der Waals surface area contributed by atoms with Gasteiger partial charge >= 0.3 is 6.18 Å². The van der Waals surface area contributed by atoms with Gasteiger partial charge in [-0.15, -0.1) is 0 Å². The van der Waals surface area contributed by atoms with Gasteiger partial charge in [-0.1, -0.05) is 46.6 Å². The van der Waals surface area contributed by atoms with Crippen molar-refractivity contribution in [3.63, 3.8) is 0 Å². The Morgan fingerprint density at radius 3 is 2.43 bits per heavy atom. The first kappa shape index (κ1) is 24.7. The van der Waals surface area contributed by atoms with Crippen LogP contribution in [0.1, 0.15) is 16.1 Å². The Morgan fingerprint density at radius 1 is 1.11 bits per heavy atom. The summed E-state index contributed by atoms with van der Waals surface area (Å²) in [5.41, 5.74) is -3.23. The van der Waals surface area contributed by atoms with E-state index in [9.17, 15) is 22.4 Å². The minimum absolute atomic E-state index is 0.000497. The predicted molar refractivity (Wildman–Crippen MR) is 119 cm³/mol. The highest BCUT2D eigenvalue weighted by atomic mass is 35.5. The van der Waals surface area contributed by atoms with Gasteiger partial charge < -0.3 is 4.52 Å². The molecule has 2 aromatic heterocycles. The van der Waals surface area contributed by atoms with Crippen LogP contribution in [0, 0.1) is 5.82 Å². The van der Waals surface area contributed by atoms with E-state index >= 15 is 0 Å². The summed E-state index contributed by atoms with van der Waals surface area (Å²) in [6, 6.07) is 9.47. The molecule has 182 valence electrons. The Bertz CT molecular complexity index is 1400. The molecule has 7 nitrogen and oxygen atoms in total. The predicted octanol–water partition coefficient (Wildman–Crippen LogP) is 6.29. The van der Waals surface area contributed by atoms with Crippen LogP contribution in [0.3, 0.4) is 0 Å². The Kier molecular flexibility index (Phi) is 6.58. The number of rotatable bonds is 5. The summed E-state index contributed by atoms with van der Waals surface area (Å²) >= 11 is 12.2. The number of halogens is 6. The van der Waals surface area contributed by atoms with Crippen molar-refractivity contribution < 1.29 is 31.7 Å². The number of carbonyl (C=O) groups is 1. The third kappa shape index (κ3) is 4.38. The third-order valence-corrected chi connectivity index (χ3v) is 5.66. The molecular formula is C22H14Cl2F4N4O3. The number of hydroxylamine groups is 2. The summed E-state index contributed by atoms with van der Waals surface area (Å²) in [7, 11) is 2.38. The van der Waals surface area contributed by atoms with Crippen LogP contribution in [0.2, 0.25) is 10.0 Å². The molecule has 0 saturated carbocycles. The van der Waals surface area contributed by atoms with Gasteiger partial charge in [-0.2, -0.15) is 18.3 Å². The monoisotopic (exact) mass is 528 g/mol. The van der Waals surface area contributed by atoms with Crippen LogP contribution in [-0.4, -0.2) is 40.1 Å². The van der Waals surface area contributed by atoms with E-state index < -0.39 is 46.2 Å². The second-order valence-electron chi connectivity index (χ2n) is 7.08. The smallest absolute Gasteiger partial charge is 0.355 e. The second-order valence-corrected chi connectivity index (χ2v) is 7.90. The first-order valence-electron chi connectivity index (χ1n) is 9.73. The van der Waals surface area contributed by atoms with Crippen LogP contribution in [0.5, 0.6) is 0 Å². The highest BCUT2D eigenvalue weighted by molar-refractivity contribution is 6.33. The molecule has 0 fully saturated rings. The molecule has 0 aliphatic heterocycles. The minimum Gasteiger partial charge on any atom is -0.355 e. The van der Waals surface area contributed by atoms with Crippen molar-refractivity contribution in [2.45, 2.75) is 6.18 Å². The van der Waals surface area contributed by atoms with Gasteiger partial charge in [-0.05, 0) is 24.3 Å². The van der Waals surface area contributed by atoms with Gasteiger partial charge in [0.15, 0.2) is 11.5 Å². The summed E-state index contributed by atoms with van der Waals surface area (Å²) < 4.78 is 63.3. The molecular weight excluding hydrogens is 515 g/mol. The summed E-state index contributed by atoms with van der Waals surface area (Å²) in [5.74, 6) is -2.44. The molecule has 4 rings (SSSR count). The second kappa shape index (κ2) is 9.33. The molecule has 35 heavy (non-hydrogen) atoms. The molecule has 0 unspecified atom stereocenters. The van der Waals surface area contributed by atoms with Crippen LogP contribution in [-0.2, 0) is 11.0 Å². The van der Waals surface area contributed by atoms with Crippen molar-refractivity contribution in [1.29, 1.82) is 0 Å². The quantitative estimate of drug-likeness (QED) is 0.224. The van der Waals surface area contributed by atoms with Crippen LogP contribution in [0.15, 0.2) is 53.2 Å². The summed E-state index contributed by atoms with van der Waals surface area (Å²) in [6.45, 7) is 0. The molecule has 0 aliphatic carbocycles. The van der Waals surface area contributed by atoms with Crippen molar-refractivity contribution in [3.05, 3.63) is 75.8 Å². The van der Waals surface area contributed by atoms with E-state index in [0.717, 1.165) is 24.4 Å². The lowest BCUT2D eigenvalue weighted by Crippen LogP contribution is -2.26. The molecule has 1 amide bonds. The summed E-state index contributed by atoms with van der Waals surface area (Å²) in [6.07, 6.45) is -4.12. The molecule has 2 aromatic carbocycles. The van der Waals surface area contributed by atoms with Crippen molar-refractivity contribution in [2.24, 2.45) is 0 Å². The highest BCUT2D eigenvalue weighted by Crippen LogP contribution is 2.43. The molecule has 4 aromatic rings. The number of amides is 1. The van der Waals surface area contributed by atoms with Gasteiger partial charge in [0.25, 0.3) is 5.91 Å². The number of aromatic nitrogens is 3. The molecule has 0 spiro atoms. The molecule has 0 bridgehead atoms. The van der Waals surface area contributed by atoms with E-state index in [4.69, 9.17) is 32.6 Å². The van der Waals surface area contributed by atoms with Gasteiger partial charge in [0.05, 0.1) is 40.2 Å². The van der Waals surface area contributed by atoms with Gasteiger partial charge in [0, 0.05) is 7.05 Å². The first-order chi connectivity index (χ1) is 16.6. The summed E-state index contributed by atoms with van der Waals surface area (Å²) in [5, 5.41) is 8.14. The lowest BCUT2D eigenvalue weighted by molar-refractivity contribution is -0.142. The SMILES string of the molecule is CON(C)C(=O)c1c(-c2c(F)cccc2Cl)noc1-c1cnn(-c2ccccc2Cl)c1C(F)(F)F. The number of hydrogen-bond donors (Lipinski definition) is 0. The van der Waals surface area contributed by atoms with Crippen molar-refractivity contribution in [3.8, 4) is 28.3 Å². The van der Waals surface area contributed by atoms with Crippen LogP contribution < -0.4 is 0 Å². The fourth-order valence-corrected chi connectivity index (χ4v) is 3.87. The Hall–Kier alpha value is -3.41. The van der Waals surface area contributed by atoms with Crippen LogP contribution in [0.25, 0.3) is 28.3 Å². The molecule has 13 heteroatoms. The summed E-state index contributed by atoms with van der Waals surface area (Å²) in [4.78, 5) is 18.0. The van der Waals surface area contributed by atoms with Gasteiger partial charge in [-0.25, -0.2) is 14.1 Å². The molecule has 0 radical (unpaired) electrons. The average Bonchev–Trinajstić information content (AvgIpc) is 3.43. The maximum Gasteiger partial charge on any atom is 0.434 e. The van der Waals surface area contributed by atoms with E-state index in [1.165, 1.54) is 37.4 Å². The Labute approximate surface area is 205 Å². The number of carbonyl (C=O) groups excluding carboxylic acids is 1. The van der Waals surface area contributed by atoms with Crippen molar-refractivity contribution in [1.82, 2.24) is 20.0 Å². The fraction of sp³-hybridized carbons (Fsp3) is 0.136. The maximum atomic E-state index is 14.7. The molecule has 0 aliphatic rings. The highest BCUT2D eigenvalue weighted by Gasteiger charge is 2.42. The Morgan fingerprint density at radius 2 is 1.80 bits per heavy atom. The molecule has 0 saturated heterocycles. The van der Waals surface area contributed by atoms with Gasteiger partial charge in [0.1, 0.15) is 17.1 Å². The maximum absolute atomic E-state index is 14.7. The van der Waals surface area contributed by atoms with E-state index in [1.54, 1.807) is 6.07 Å². The van der Waals surface area contributed by atoms with E-state index in [2.05, 4.69) is 10.3 Å². The number of benzene rings is 2. The largest absolute Gasteiger partial charge is 0.434 e. The van der Waals surface area contributed by atoms with Gasteiger partial charge in [-0.3, -0.25) is 9.63 Å². The van der Waals surface area contributed by atoms with Crippen LogP contribution >= 0.6 is 23.2 Å². The topological polar surface area (TPSA) is 73.4 Å². The zero-order valence-corrected chi connectivity index (χ0v) is 19.4. The van der Waals surface area contributed by atoms with Gasteiger partial charge in [0.2, 0.25) is 0 Å². The molecule has 2 heterocycles. The number of hydrogen-bond acceptors (Lipinski definition) is 5. The van der Waals surface area contributed by atoms with E-state index in [0.29, 0.717) is 4.68 Å². The number of para-hydroxylation sites is 1. The van der Waals surface area contributed by atoms with Crippen LogP contribution in [0.4, 0.5) is 17.6 Å². The normalized spacial score (nSPS) is 11.7. The lowest BCUT2D eigenvalue weighted by atomic mass is 10.0. The van der Waals surface area contributed by atoms with E-state index in [1.807, 2.05) is 0 Å². The number of nitrogens with zero attached hydrogens (tertiary/aromatic N) is 4. The van der Waals surface area contributed by atoms with E-state index in [-0.39, 0.29) is 21.3 Å². The number of alkyl halides is 3. The van der Waals surface area contributed by atoms with Crippen molar-refractivity contribution in [2.75, 3.05) is 14.2 Å². The standard InChI is InChI=1S/C22H14Cl2F4N4O3/c1-31(34-2)21(33)17-18(16-13(24)7-5-8-14(16)25)30-35-19(17)11-10-29-32(20(11)22(26,27)28)15-9-4-3-6-12(15)23/h3-10H,1-2H3. The fourth-order valence-electron chi connectivity index (χ4n) is 3.40. The Balaban J connectivity index is 2.04. The van der Waals surface area contributed by atoms with Crippen molar-refractivity contribution >= 4 is 29.1 Å². The average molecular weight is 529 g/mol. The zero-order chi connectivity index (χ0) is 25.5. The lowest BCUT2D eigenvalue weighted by Gasteiger charge is -2.15. The first-order valence-corrected chi connectivity index (χ1v) is 10.5. The molecule has 0 atom stereocenters. The molecule has 0 N–H and O–H groups in total. The minimum atomic E-state index is -4.97.